The quantitative estimate of drug-likeness (QED) is 0.764. The fourth-order valence-corrected chi connectivity index (χ4v) is 4.44. The number of halogens is 1. The molecule has 0 aliphatic heterocycles. The average Bonchev–Trinajstić information content (AvgIpc) is 2.95. The van der Waals surface area contributed by atoms with Crippen molar-refractivity contribution in [1.82, 2.24) is 4.72 Å². The van der Waals surface area contributed by atoms with E-state index in [9.17, 15) is 8.42 Å². The maximum atomic E-state index is 12.2. The van der Waals surface area contributed by atoms with Crippen LogP contribution < -0.4 is 14.2 Å². The summed E-state index contributed by atoms with van der Waals surface area (Å²) in [6.07, 6.45) is 0. The van der Waals surface area contributed by atoms with E-state index in [1.165, 1.54) is 6.07 Å². The van der Waals surface area contributed by atoms with Crippen molar-refractivity contribution in [2.24, 2.45) is 0 Å². The summed E-state index contributed by atoms with van der Waals surface area (Å²) in [5, 5.41) is 0. The van der Waals surface area contributed by atoms with Crippen molar-refractivity contribution < 1.29 is 17.9 Å². The van der Waals surface area contributed by atoms with Crippen LogP contribution in [0.4, 0.5) is 0 Å². The number of sulfonamides is 1. The molecule has 0 aliphatic rings. The zero-order valence-electron chi connectivity index (χ0n) is 12.8. The van der Waals surface area contributed by atoms with Crippen molar-refractivity contribution in [1.29, 1.82) is 0 Å². The molecule has 0 amide bonds. The van der Waals surface area contributed by atoms with Crippen molar-refractivity contribution >= 4 is 33.0 Å². The highest BCUT2D eigenvalue weighted by Crippen LogP contribution is 2.29. The van der Waals surface area contributed by atoms with Gasteiger partial charge in [0.1, 0.15) is 4.21 Å². The molecule has 0 saturated heterocycles. The van der Waals surface area contributed by atoms with Crippen LogP contribution in [0.2, 0.25) is 4.34 Å². The predicted molar refractivity (Wildman–Crippen MR) is 92.1 cm³/mol. The van der Waals surface area contributed by atoms with E-state index in [-0.39, 0.29) is 10.8 Å². The number of rotatable bonds is 8. The van der Waals surface area contributed by atoms with Crippen LogP contribution in [-0.4, -0.2) is 21.6 Å². The minimum absolute atomic E-state index is 0.157. The third kappa shape index (κ3) is 4.84. The van der Waals surface area contributed by atoms with Gasteiger partial charge in [0.25, 0.3) is 0 Å². The van der Waals surface area contributed by atoms with E-state index < -0.39 is 10.0 Å². The molecule has 0 saturated carbocycles. The van der Waals surface area contributed by atoms with E-state index in [4.69, 9.17) is 21.1 Å². The number of nitrogens with one attached hydrogen (secondary N) is 1. The van der Waals surface area contributed by atoms with E-state index in [0.717, 1.165) is 16.9 Å². The Labute approximate surface area is 145 Å². The third-order valence-electron chi connectivity index (χ3n) is 2.89. The standard InChI is InChI=1S/C15H18ClNO4S2/c1-3-20-12-6-5-11(9-13(12)21-4-2)10-17-23(18,19)15-8-7-14(16)22-15/h5-9,17H,3-4,10H2,1-2H3. The van der Waals surface area contributed by atoms with E-state index in [1.54, 1.807) is 24.3 Å². The van der Waals surface area contributed by atoms with Crippen LogP contribution in [-0.2, 0) is 16.6 Å². The van der Waals surface area contributed by atoms with Gasteiger partial charge in [-0.25, -0.2) is 13.1 Å². The lowest BCUT2D eigenvalue weighted by Crippen LogP contribution is -2.22. The molecule has 5 nitrogen and oxygen atoms in total. The van der Waals surface area contributed by atoms with E-state index in [1.807, 2.05) is 13.8 Å². The van der Waals surface area contributed by atoms with Gasteiger partial charge in [0.2, 0.25) is 10.0 Å². The van der Waals surface area contributed by atoms with Crippen molar-refractivity contribution in [3.8, 4) is 11.5 Å². The molecule has 0 bridgehead atoms. The molecule has 0 unspecified atom stereocenters. The molecule has 0 spiro atoms. The molecule has 126 valence electrons. The van der Waals surface area contributed by atoms with Gasteiger partial charge in [-0.3, -0.25) is 0 Å². The first-order valence-corrected chi connectivity index (χ1v) is 9.77. The van der Waals surface area contributed by atoms with E-state index >= 15 is 0 Å². The summed E-state index contributed by atoms with van der Waals surface area (Å²) >= 11 is 6.80. The van der Waals surface area contributed by atoms with Crippen molar-refractivity contribution in [3.05, 3.63) is 40.2 Å². The third-order valence-corrected chi connectivity index (χ3v) is 6.01. The molecule has 23 heavy (non-hydrogen) atoms. The number of ether oxygens (including phenoxy) is 2. The highest BCUT2D eigenvalue weighted by Gasteiger charge is 2.16. The molecule has 1 N–H and O–H groups in total. The minimum atomic E-state index is -3.57. The molecular weight excluding hydrogens is 358 g/mol. The summed E-state index contributed by atoms with van der Waals surface area (Å²) in [6.45, 7) is 4.97. The van der Waals surface area contributed by atoms with E-state index in [0.29, 0.717) is 29.0 Å². The Balaban J connectivity index is 2.12. The van der Waals surface area contributed by atoms with Crippen LogP contribution in [0, 0.1) is 0 Å². The SMILES string of the molecule is CCOc1ccc(CNS(=O)(=O)c2ccc(Cl)s2)cc1OCC. The summed E-state index contributed by atoms with van der Waals surface area (Å²) in [5.41, 5.74) is 0.781. The molecule has 0 aliphatic carbocycles. The lowest BCUT2D eigenvalue weighted by molar-refractivity contribution is 0.287. The lowest BCUT2D eigenvalue weighted by atomic mass is 10.2. The van der Waals surface area contributed by atoms with Gasteiger partial charge in [-0.15, -0.1) is 11.3 Å². The normalized spacial score (nSPS) is 11.4. The van der Waals surface area contributed by atoms with E-state index in [2.05, 4.69) is 4.72 Å². The number of benzene rings is 1. The highest BCUT2D eigenvalue weighted by molar-refractivity contribution is 7.91. The summed E-state index contributed by atoms with van der Waals surface area (Å²) < 4.78 is 38.6. The Kier molecular flexibility index (Phi) is 6.29. The second kappa shape index (κ2) is 8.01. The zero-order valence-corrected chi connectivity index (χ0v) is 15.2. The summed E-state index contributed by atoms with van der Waals surface area (Å²) in [4.78, 5) is 0. The van der Waals surface area contributed by atoms with Crippen LogP contribution in [0.25, 0.3) is 0 Å². The fraction of sp³-hybridized carbons (Fsp3) is 0.333. The lowest BCUT2D eigenvalue weighted by Gasteiger charge is -2.12. The topological polar surface area (TPSA) is 64.6 Å². The number of hydrogen-bond donors (Lipinski definition) is 1. The van der Waals surface area contributed by atoms with Gasteiger partial charge in [0.15, 0.2) is 11.5 Å². The monoisotopic (exact) mass is 375 g/mol. The Hall–Kier alpha value is -1.28. The minimum Gasteiger partial charge on any atom is -0.490 e. The molecule has 2 rings (SSSR count). The van der Waals surface area contributed by atoms with Gasteiger partial charge >= 0.3 is 0 Å². The summed E-state index contributed by atoms with van der Waals surface area (Å²) in [7, 11) is -3.57. The van der Waals surface area contributed by atoms with Crippen LogP contribution in [0.3, 0.4) is 0 Å². The molecule has 8 heteroatoms. The molecule has 1 aromatic heterocycles. The van der Waals surface area contributed by atoms with Crippen LogP contribution in [0.15, 0.2) is 34.5 Å². The zero-order chi connectivity index (χ0) is 16.9. The van der Waals surface area contributed by atoms with Gasteiger partial charge < -0.3 is 9.47 Å². The highest BCUT2D eigenvalue weighted by atomic mass is 35.5. The number of hydrogen-bond acceptors (Lipinski definition) is 5. The molecule has 1 aromatic carbocycles. The summed E-state index contributed by atoms with van der Waals surface area (Å²) in [5.74, 6) is 1.25. The second-order valence-electron chi connectivity index (χ2n) is 4.53. The smallest absolute Gasteiger partial charge is 0.250 e. The van der Waals surface area contributed by atoms with Gasteiger partial charge in [-0.05, 0) is 43.7 Å². The van der Waals surface area contributed by atoms with Gasteiger partial charge in [-0.1, -0.05) is 17.7 Å². The van der Waals surface area contributed by atoms with Gasteiger partial charge in [0.05, 0.1) is 17.6 Å². The fourth-order valence-electron chi connectivity index (χ4n) is 1.90. The molecule has 0 atom stereocenters. The first-order chi connectivity index (χ1) is 11.0. The molecule has 0 radical (unpaired) electrons. The molecule has 1 heterocycles. The Bertz CT molecular complexity index is 759. The second-order valence-corrected chi connectivity index (χ2v) is 8.24. The predicted octanol–water partition coefficient (Wildman–Crippen LogP) is 3.68. The van der Waals surface area contributed by atoms with Crippen molar-refractivity contribution in [3.63, 3.8) is 0 Å². The summed E-state index contributed by atoms with van der Waals surface area (Å²) in [6, 6.07) is 8.40. The largest absolute Gasteiger partial charge is 0.490 e. The van der Waals surface area contributed by atoms with Crippen LogP contribution >= 0.6 is 22.9 Å². The first-order valence-electron chi connectivity index (χ1n) is 7.09. The van der Waals surface area contributed by atoms with Gasteiger partial charge in [0, 0.05) is 6.54 Å². The Morgan fingerprint density at radius 1 is 1.09 bits per heavy atom. The average molecular weight is 376 g/mol. The molecule has 0 fully saturated rings. The van der Waals surface area contributed by atoms with Gasteiger partial charge in [-0.2, -0.15) is 0 Å². The van der Waals surface area contributed by atoms with Crippen LogP contribution in [0.5, 0.6) is 11.5 Å². The van der Waals surface area contributed by atoms with Crippen LogP contribution in [0.1, 0.15) is 19.4 Å². The number of thiophene rings is 1. The van der Waals surface area contributed by atoms with Crippen molar-refractivity contribution in [2.75, 3.05) is 13.2 Å². The first kappa shape index (κ1) is 18.1. The Morgan fingerprint density at radius 3 is 2.39 bits per heavy atom. The maximum absolute atomic E-state index is 12.2. The molecule has 2 aromatic rings. The van der Waals surface area contributed by atoms with Crippen molar-refractivity contribution in [2.45, 2.75) is 24.6 Å². The Morgan fingerprint density at radius 2 is 1.78 bits per heavy atom. The maximum Gasteiger partial charge on any atom is 0.250 e. The molecular formula is C15H18ClNO4S2.